The predicted octanol–water partition coefficient (Wildman–Crippen LogP) is 4.19. The number of fused-ring (bicyclic) bond motifs is 1. The van der Waals surface area contributed by atoms with Crippen LogP contribution in [0.1, 0.15) is 40.2 Å². The molecule has 3 aromatic rings. The Morgan fingerprint density at radius 3 is 2.47 bits per heavy atom. The summed E-state index contributed by atoms with van der Waals surface area (Å²) in [7, 11) is 1.98. The molecule has 1 aliphatic carbocycles. The lowest BCUT2D eigenvalue weighted by atomic mass is 9.89. The van der Waals surface area contributed by atoms with E-state index in [1.807, 2.05) is 29.9 Å². The van der Waals surface area contributed by atoms with E-state index in [4.69, 9.17) is 5.10 Å². The topological polar surface area (TPSA) is 41.4 Å². The van der Waals surface area contributed by atoms with Gasteiger partial charge in [-0.25, -0.2) is 9.07 Å². The Morgan fingerprint density at radius 1 is 1.03 bits per heavy atom. The van der Waals surface area contributed by atoms with Crippen molar-refractivity contribution < 1.29 is 9.18 Å². The second-order valence-electron chi connectivity index (χ2n) is 7.98. The Kier molecular flexibility index (Phi) is 4.71. The van der Waals surface area contributed by atoms with E-state index < -0.39 is 0 Å². The van der Waals surface area contributed by atoms with Gasteiger partial charge in [-0.15, -0.1) is 0 Å². The van der Waals surface area contributed by atoms with Crippen molar-refractivity contribution in [3.63, 3.8) is 0 Å². The van der Waals surface area contributed by atoms with Crippen molar-refractivity contribution >= 4 is 17.6 Å². The average Bonchev–Trinajstić information content (AvgIpc) is 3.13. The van der Waals surface area contributed by atoms with E-state index >= 15 is 0 Å². The molecule has 0 N–H and O–H groups in total. The largest absolute Gasteiger partial charge is 0.311 e. The number of nitrogens with zero attached hydrogens (tertiary/aromatic N) is 4. The van der Waals surface area contributed by atoms with E-state index in [9.17, 15) is 9.18 Å². The fraction of sp³-hybridized carbons (Fsp3) is 0.250. The van der Waals surface area contributed by atoms with Crippen LogP contribution in [0, 0.1) is 5.82 Å². The van der Waals surface area contributed by atoms with Crippen LogP contribution in [0.15, 0.2) is 54.6 Å². The number of allylic oxidation sites excluding steroid dienone is 1. The molecular formula is C24H23FN4O. The lowest BCUT2D eigenvalue weighted by Crippen LogP contribution is -2.55. The number of amides is 1. The fourth-order valence-corrected chi connectivity index (χ4v) is 4.24. The normalized spacial score (nSPS) is 17.7. The maximum atomic E-state index is 13.5. The van der Waals surface area contributed by atoms with E-state index in [0.29, 0.717) is 19.0 Å². The van der Waals surface area contributed by atoms with Crippen molar-refractivity contribution in [1.29, 1.82) is 0 Å². The third-order valence-corrected chi connectivity index (χ3v) is 5.69. The molecule has 0 unspecified atom stereocenters. The summed E-state index contributed by atoms with van der Waals surface area (Å²) in [5, 5.41) is 4.76. The Balaban J connectivity index is 1.65. The molecule has 2 heterocycles. The highest BCUT2D eigenvalue weighted by molar-refractivity contribution is 5.97. The molecule has 1 aliphatic heterocycles. The Hall–Kier alpha value is -3.25. The van der Waals surface area contributed by atoms with Gasteiger partial charge in [0.15, 0.2) is 5.69 Å². The number of carbonyl (C=O) groups excluding carboxylic acids is 1. The van der Waals surface area contributed by atoms with Gasteiger partial charge in [0.05, 0.1) is 24.7 Å². The molecule has 0 bridgehead atoms. The minimum absolute atomic E-state index is 0.0360. The summed E-state index contributed by atoms with van der Waals surface area (Å²) in [6, 6.07) is 16.5. The summed E-state index contributed by atoms with van der Waals surface area (Å²) in [5.41, 5.74) is 5.50. The molecule has 0 spiro atoms. The first kappa shape index (κ1) is 18.8. The summed E-state index contributed by atoms with van der Waals surface area (Å²) in [4.78, 5) is 17.0. The smallest absolute Gasteiger partial charge is 0.276 e. The summed E-state index contributed by atoms with van der Waals surface area (Å²) in [5.74, 6) is -0.328. The van der Waals surface area contributed by atoms with E-state index in [1.54, 1.807) is 17.0 Å². The molecule has 1 amide bonds. The molecule has 0 radical (unpaired) electrons. The van der Waals surface area contributed by atoms with Crippen molar-refractivity contribution in [3.8, 4) is 5.69 Å². The Morgan fingerprint density at radius 2 is 1.77 bits per heavy atom. The number of halogens is 1. The van der Waals surface area contributed by atoms with Gasteiger partial charge in [-0.2, -0.15) is 5.10 Å². The second-order valence-corrected chi connectivity index (χ2v) is 7.98. The standard InChI is InChI=1S/C24H23FN4O/c1-27-15-28(16-27)24(30)22-21-9-5-8-18(14-17-6-3-2-4-7-17)23(21)29(26-22)20-12-10-19(25)11-13-20/h2-4,6-7,10-14H,5,8-9,15-16H2,1H3/b18-14+. The zero-order valence-corrected chi connectivity index (χ0v) is 16.9. The van der Waals surface area contributed by atoms with Crippen molar-refractivity contribution in [2.45, 2.75) is 19.3 Å². The van der Waals surface area contributed by atoms with Gasteiger partial charge in [0, 0.05) is 5.56 Å². The number of hydrogen-bond acceptors (Lipinski definition) is 3. The van der Waals surface area contributed by atoms with Crippen LogP contribution in [0.5, 0.6) is 0 Å². The number of carbonyl (C=O) groups is 1. The molecule has 1 saturated heterocycles. The van der Waals surface area contributed by atoms with Crippen LogP contribution in [-0.4, -0.2) is 45.9 Å². The first-order chi connectivity index (χ1) is 14.6. The molecule has 30 heavy (non-hydrogen) atoms. The first-order valence-electron chi connectivity index (χ1n) is 10.2. The lowest BCUT2D eigenvalue weighted by molar-refractivity contribution is -0.000486. The summed E-state index contributed by atoms with van der Waals surface area (Å²) in [6.07, 6.45) is 4.87. The van der Waals surface area contributed by atoms with E-state index in [1.165, 1.54) is 12.1 Å². The third-order valence-electron chi connectivity index (χ3n) is 5.69. The van der Waals surface area contributed by atoms with Crippen LogP contribution < -0.4 is 0 Å². The molecule has 6 heteroatoms. The molecule has 2 aliphatic rings. The zero-order chi connectivity index (χ0) is 20.7. The first-order valence-corrected chi connectivity index (χ1v) is 10.2. The lowest BCUT2D eigenvalue weighted by Gasteiger charge is -2.39. The number of rotatable bonds is 3. The van der Waals surface area contributed by atoms with E-state index in [-0.39, 0.29) is 11.7 Å². The van der Waals surface area contributed by atoms with Gasteiger partial charge in [0.25, 0.3) is 5.91 Å². The minimum Gasteiger partial charge on any atom is -0.311 e. The van der Waals surface area contributed by atoms with Crippen LogP contribution in [0.3, 0.4) is 0 Å². The monoisotopic (exact) mass is 402 g/mol. The van der Waals surface area contributed by atoms with Gasteiger partial charge >= 0.3 is 0 Å². The molecule has 5 nitrogen and oxygen atoms in total. The minimum atomic E-state index is -0.292. The molecular weight excluding hydrogens is 379 g/mol. The Labute approximate surface area is 175 Å². The van der Waals surface area contributed by atoms with Crippen LogP contribution >= 0.6 is 0 Å². The van der Waals surface area contributed by atoms with E-state index in [2.05, 4.69) is 23.1 Å². The highest BCUT2D eigenvalue weighted by Gasteiger charge is 2.33. The van der Waals surface area contributed by atoms with Crippen molar-refractivity contribution in [1.82, 2.24) is 19.6 Å². The highest BCUT2D eigenvalue weighted by Crippen LogP contribution is 2.36. The van der Waals surface area contributed by atoms with Gasteiger partial charge in [-0.1, -0.05) is 30.3 Å². The summed E-state index contributed by atoms with van der Waals surface area (Å²) < 4.78 is 15.3. The molecule has 152 valence electrons. The quantitative estimate of drug-likeness (QED) is 0.660. The average molecular weight is 402 g/mol. The van der Waals surface area contributed by atoms with Gasteiger partial charge in [0.1, 0.15) is 5.82 Å². The summed E-state index contributed by atoms with van der Waals surface area (Å²) >= 11 is 0. The second kappa shape index (κ2) is 7.54. The maximum absolute atomic E-state index is 13.5. The van der Waals surface area contributed by atoms with Gasteiger partial charge in [0.2, 0.25) is 0 Å². The maximum Gasteiger partial charge on any atom is 0.276 e. The SMILES string of the molecule is CN1CN(C(=O)c2nn(-c3ccc(F)cc3)c3c2CCC/C3=C\c2ccccc2)C1. The Bertz CT molecular complexity index is 1110. The number of benzene rings is 2. The number of aromatic nitrogens is 2. The predicted molar refractivity (Wildman–Crippen MR) is 114 cm³/mol. The highest BCUT2D eigenvalue weighted by atomic mass is 19.1. The molecule has 0 atom stereocenters. The van der Waals surface area contributed by atoms with Crippen molar-refractivity contribution in [3.05, 3.63) is 82.9 Å². The van der Waals surface area contributed by atoms with E-state index in [0.717, 1.165) is 47.3 Å². The van der Waals surface area contributed by atoms with Gasteiger partial charge < -0.3 is 4.90 Å². The molecule has 5 rings (SSSR count). The molecule has 0 saturated carbocycles. The third kappa shape index (κ3) is 3.33. The van der Waals surface area contributed by atoms with Crippen LogP contribution in [0.2, 0.25) is 0 Å². The molecule has 1 aromatic heterocycles. The van der Waals surface area contributed by atoms with Crippen LogP contribution in [0.25, 0.3) is 17.3 Å². The van der Waals surface area contributed by atoms with Gasteiger partial charge in [-0.05, 0) is 67.8 Å². The summed E-state index contributed by atoms with van der Waals surface area (Å²) in [6.45, 7) is 1.23. The fourth-order valence-electron chi connectivity index (χ4n) is 4.24. The van der Waals surface area contributed by atoms with Crippen molar-refractivity contribution in [2.24, 2.45) is 0 Å². The zero-order valence-electron chi connectivity index (χ0n) is 16.9. The number of hydrogen-bond donors (Lipinski definition) is 0. The van der Waals surface area contributed by atoms with Crippen LogP contribution in [0.4, 0.5) is 4.39 Å². The van der Waals surface area contributed by atoms with Crippen LogP contribution in [-0.2, 0) is 6.42 Å². The van der Waals surface area contributed by atoms with Gasteiger partial charge in [-0.3, -0.25) is 9.69 Å². The molecule has 2 aromatic carbocycles. The molecule has 1 fully saturated rings. The van der Waals surface area contributed by atoms with Crippen molar-refractivity contribution in [2.75, 3.05) is 20.4 Å².